The van der Waals surface area contributed by atoms with Crippen LogP contribution in [0, 0.1) is 0 Å². The van der Waals surface area contributed by atoms with Crippen LogP contribution in [0.15, 0.2) is 48.6 Å². The Morgan fingerprint density at radius 3 is 0.972 bits per heavy atom. The molecular formula is C67H124O5. The van der Waals surface area contributed by atoms with Crippen molar-refractivity contribution in [2.45, 2.75) is 348 Å². The molecular weight excluding hydrogens is 885 g/mol. The number of ether oxygens (including phenoxy) is 3. The summed E-state index contributed by atoms with van der Waals surface area (Å²) < 4.78 is 17.6. The Hall–Kier alpha value is -2.14. The molecule has 0 radical (unpaired) electrons. The lowest BCUT2D eigenvalue weighted by atomic mass is 10.0. The molecule has 5 nitrogen and oxygen atoms in total. The number of carbonyl (C=O) groups is 2. The molecule has 0 aliphatic carbocycles. The molecule has 0 rings (SSSR count). The van der Waals surface area contributed by atoms with Gasteiger partial charge in [0, 0.05) is 19.4 Å². The fourth-order valence-electron chi connectivity index (χ4n) is 9.52. The van der Waals surface area contributed by atoms with E-state index in [1.165, 1.54) is 244 Å². The van der Waals surface area contributed by atoms with Gasteiger partial charge in [0.25, 0.3) is 0 Å². The molecule has 72 heavy (non-hydrogen) atoms. The average Bonchev–Trinajstić information content (AvgIpc) is 3.38. The lowest BCUT2D eigenvalue weighted by Gasteiger charge is -2.18. The van der Waals surface area contributed by atoms with Gasteiger partial charge in [-0.1, -0.05) is 294 Å². The summed E-state index contributed by atoms with van der Waals surface area (Å²) in [7, 11) is 0. The average molecular weight is 1010 g/mol. The second kappa shape index (κ2) is 63.2. The Bertz CT molecular complexity index is 1190. The first kappa shape index (κ1) is 69.9. The number of carbonyl (C=O) groups excluding carboxylic acids is 2. The molecule has 0 aromatic rings. The van der Waals surface area contributed by atoms with E-state index in [9.17, 15) is 9.59 Å². The molecule has 0 saturated heterocycles. The molecule has 0 N–H and O–H groups in total. The van der Waals surface area contributed by atoms with Crippen molar-refractivity contribution in [3.05, 3.63) is 48.6 Å². The Balaban J connectivity index is 4.26. The number of esters is 2. The molecule has 0 aromatic carbocycles. The highest BCUT2D eigenvalue weighted by Gasteiger charge is 2.18. The van der Waals surface area contributed by atoms with Gasteiger partial charge in [-0.05, 0) is 83.5 Å². The first-order valence-corrected chi connectivity index (χ1v) is 32.2. The number of hydrogen-bond donors (Lipinski definition) is 0. The van der Waals surface area contributed by atoms with Gasteiger partial charge in [-0.3, -0.25) is 9.59 Å². The second-order valence-corrected chi connectivity index (χ2v) is 21.7. The summed E-state index contributed by atoms with van der Waals surface area (Å²) in [5, 5.41) is 0. The van der Waals surface area contributed by atoms with Gasteiger partial charge < -0.3 is 14.2 Å². The molecule has 0 aromatic heterocycles. The summed E-state index contributed by atoms with van der Waals surface area (Å²) in [6.45, 7) is 7.85. The summed E-state index contributed by atoms with van der Waals surface area (Å²) in [5.41, 5.74) is 0. The highest BCUT2D eigenvalue weighted by Crippen LogP contribution is 2.17. The normalized spacial score (nSPS) is 12.4. The van der Waals surface area contributed by atoms with Crippen molar-refractivity contribution in [3.63, 3.8) is 0 Å². The topological polar surface area (TPSA) is 61.8 Å². The van der Waals surface area contributed by atoms with Crippen LogP contribution in [0.1, 0.15) is 342 Å². The van der Waals surface area contributed by atoms with Crippen LogP contribution >= 0.6 is 0 Å². The van der Waals surface area contributed by atoms with Crippen LogP contribution in [0.4, 0.5) is 0 Å². The zero-order chi connectivity index (χ0) is 52.0. The third-order valence-corrected chi connectivity index (χ3v) is 14.3. The van der Waals surface area contributed by atoms with E-state index in [2.05, 4.69) is 69.4 Å². The van der Waals surface area contributed by atoms with Crippen LogP contribution < -0.4 is 0 Å². The van der Waals surface area contributed by atoms with Gasteiger partial charge in [0.2, 0.25) is 0 Å². The minimum atomic E-state index is -0.543. The molecule has 0 aliphatic rings. The summed E-state index contributed by atoms with van der Waals surface area (Å²) in [5.74, 6) is -0.397. The summed E-state index contributed by atoms with van der Waals surface area (Å²) >= 11 is 0. The third kappa shape index (κ3) is 60.4. The second-order valence-electron chi connectivity index (χ2n) is 21.7. The molecule has 0 heterocycles. The standard InChI is InChI=1S/C67H124O5/c1-4-7-10-13-16-19-22-25-28-31-33-35-38-41-44-47-50-53-56-59-62-70-63-65(72-67(69)61-58-55-52-49-46-43-40-36-30-27-24-21-18-15-12-9-6-3)64-71-66(68)60-57-54-51-48-45-42-39-37-34-32-29-26-23-20-17-14-11-8-5-2/h17,20,26-27,29-30,34,37,65H,4-16,18-19,21-25,28,31-33,35-36,38-64H2,1-3H3/b20-17-,29-26-,30-27-,37-34-. The molecule has 0 spiro atoms. The molecule has 1 unspecified atom stereocenters. The van der Waals surface area contributed by atoms with Gasteiger partial charge >= 0.3 is 11.9 Å². The SMILES string of the molecule is CCCCC/C=C\C/C=C\C/C=C\CCCCCCCCC(=O)OCC(COCCCCCCCCCCCCCCCCCCCCCC)OC(=O)CCCCCCCCC/C=C\CCCCCCCC. The lowest BCUT2D eigenvalue weighted by Crippen LogP contribution is -2.30. The number of hydrogen-bond acceptors (Lipinski definition) is 5. The van der Waals surface area contributed by atoms with Crippen LogP contribution in [-0.4, -0.2) is 37.9 Å². The first-order chi connectivity index (χ1) is 35.6. The van der Waals surface area contributed by atoms with Crippen molar-refractivity contribution < 1.29 is 23.8 Å². The van der Waals surface area contributed by atoms with E-state index in [0.29, 0.717) is 19.4 Å². The van der Waals surface area contributed by atoms with E-state index in [-0.39, 0.29) is 25.2 Å². The van der Waals surface area contributed by atoms with Crippen LogP contribution in [0.3, 0.4) is 0 Å². The van der Waals surface area contributed by atoms with Gasteiger partial charge in [-0.2, -0.15) is 0 Å². The third-order valence-electron chi connectivity index (χ3n) is 14.3. The monoisotopic (exact) mass is 1010 g/mol. The minimum absolute atomic E-state index is 0.0809. The Morgan fingerprint density at radius 2 is 0.583 bits per heavy atom. The van der Waals surface area contributed by atoms with Gasteiger partial charge in [0.1, 0.15) is 6.61 Å². The maximum atomic E-state index is 12.9. The van der Waals surface area contributed by atoms with E-state index in [1.807, 2.05) is 0 Å². The molecule has 0 amide bonds. The smallest absolute Gasteiger partial charge is 0.306 e. The molecule has 0 saturated carbocycles. The maximum Gasteiger partial charge on any atom is 0.306 e. The molecule has 5 heteroatoms. The molecule has 1 atom stereocenters. The minimum Gasteiger partial charge on any atom is -0.462 e. The number of unbranched alkanes of at least 4 members (excludes halogenated alkanes) is 41. The maximum absolute atomic E-state index is 12.9. The van der Waals surface area contributed by atoms with Crippen molar-refractivity contribution in [2.24, 2.45) is 0 Å². The fourth-order valence-corrected chi connectivity index (χ4v) is 9.52. The van der Waals surface area contributed by atoms with Gasteiger partial charge in [0.15, 0.2) is 6.10 Å². The highest BCUT2D eigenvalue weighted by molar-refractivity contribution is 5.70. The Morgan fingerprint density at radius 1 is 0.306 bits per heavy atom. The predicted molar refractivity (Wildman–Crippen MR) is 316 cm³/mol. The van der Waals surface area contributed by atoms with Crippen molar-refractivity contribution in [1.29, 1.82) is 0 Å². The van der Waals surface area contributed by atoms with Gasteiger partial charge in [-0.15, -0.1) is 0 Å². The van der Waals surface area contributed by atoms with Crippen molar-refractivity contribution in [1.82, 2.24) is 0 Å². The number of allylic oxidation sites excluding steroid dienone is 8. The van der Waals surface area contributed by atoms with E-state index in [1.54, 1.807) is 0 Å². The number of rotatable bonds is 60. The summed E-state index contributed by atoms with van der Waals surface area (Å²) in [6.07, 6.45) is 80.0. The predicted octanol–water partition coefficient (Wildman–Crippen LogP) is 22.2. The van der Waals surface area contributed by atoms with Crippen molar-refractivity contribution in [2.75, 3.05) is 19.8 Å². The zero-order valence-corrected chi connectivity index (χ0v) is 48.7. The van der Waals surface area contributed by atoms with Gasteiger partial charge in [0.05, 0.1) is 6.61 Å². The zero-order valence-electron chi connectivity index (χ0n) is 48.7. The van der Waals surface area contributed by atoms with Crippen LogP contribution in [0.25, 0.3) is 0 Å². The largest absolute Gasteiger partial charge is 0.462 e. The summed E-state index contributed by atoms with van der Waals surface area (Å²) in [4.78, 5) is 25.6. The molecule has 0 aliphatic heterocycles. The first-order valence-electron chi connectivity index (χ1n) is 32.2. The Kier molecular flexibility index (Phi) is 61.3. The highest BCUT2D eigenvalue weighted by atomic mass is 16.6. The van der Waals surface area contributed by atoms with Crippen molar-refractivity contribution >= 4 is 11.9 Å². The van der Waals surface area contributed by atoms with Crippen molar-refractivity contribution in [3.8, 4) is 0 Å². The van der Waals surface area contributed by atoms with E-state index in [0.717, 1.165) is 64.2 Å². The quantitative estimate of drug-likeness (QED) is 0.0345. The van der Waals surface area contributed by atoms with E-state index >= 15 is 0 Å². The van der Waals surface area contributed by atoms with Crippen LogP contribution in [-0.2, 0) is 23.8 Å². The van der Waals surface area contributed by atoms with E-state index < -0.39 is 6.10 Å². The lowest BCUT2D eigenvalue weighted by molar-refractivity contribution is -0.163. The van der Waals surface area contributed by atoms with Gasteiger partial charge in [-0.25, -0.2) is 0 Å². The van der Waals surface area contributed by atoms with Crippen LogP contribution in [0.5, 0.6) is 0 Å². The molecule has 0 fully saturated rings. The Labute approximate surface area is 450 Å². The fraction of sp³-hybridized carbons (Fsp3) is 0.851. The van der Waals surface area contributed by atoms with E-state index in [4.69, 9.17) is 14.2 Å². The molecule has 0 bridgehead atoms. The molecule has 422 valence electrons. The van der Waals surface area contributed by atoms with Crippen LogP contribution in [0.2, 0.25) is 0 Å². The summed E-state index contributed by atoms with van der Waals surface area (Å²) in [6, 6.07) is 0.